The van der Waals surface area contributed by atoms with Gasteiger partial charge in [0.15, 0.2) is 0 Å². The van der Waals surface area contributed by atoms with Crippen molar-refractivity contribution in [1.29, 1.82) is 0 Å². The number of hydrogen-bond donors (Lipinski definition) is 2. The molecule has 0 aliphatic heterocycles. The number of carbonyl (C=O) groups excluding carboxylic acids is 1. The van der Waals surface area contributed by atoms with E-state index >= 15 is 0 Å². The summed E-state index contributed by atoms with van der Waals surface area (Å²) in [6.45, 7) is 1.95. The molecule has 0 aliphatic carbocycles. The summed E-state index contributed by atoms with van der Waals surface area (Å²) >= 11 is 3.41. The summed E-state index contributed by atoms with van der Waals surface area (Å²) in [6, 6.07) is 17.1. The van der Waals surface area contributed by atoms with Crippen LogP contribution < -0.4 is 10.6 Å². The van der Waals surface area contributed by atoms with Crippen LogP contribution in [0.15, 0.2) is 71.5 Å². The zero-order chi connectivity index (χ0) is 16.2. The van der Waals surface area contributed by atoms with Crippen molar-refractivity contribution >= 4 is 33.3 Å². The first-order valence-corrected chi connectivity index (χ1v) is 7.99. The number of aromatic nitrogens is 1. The number of hydrogen-bond acceptors (Lipinski definition) is 1. The van der Waals surface area contributed by atoms with Gasteiger partial charge in [-0.1, -0.05) is 15.9 Å². The summed E-state index contributed by atoms with van der Waals surface area (Å²) in [5.74, 6) is 0. The lowest BCUT2D eigenvalue weighted by atomic mass is 10.2. The zero-order valence-electron chi connectivity index (χ0n) is 12.6. The second kappa shape index (κ2) is 6.71. The van der Waals surface area contributed by atoms with Gasteiger partial charge in [0, 0.05) is 33.9 Å². The Labute approximate surface area is 143 Å². The minimum Gasteiger partial charge on any atom is -0.324 e. The van der Waals surface area contributed by atoms with Gasteiger partial charge in [-0.05, 0) is 67.1 Å². The van der Waals surface area contributed by atoms with E-state index in [4.69, 9.17) is 0 Å². The highest BCUT2D eigenvalue weighted by Crippen LogP contribution is 2.20. The van der Waals surface area contributed by atoms with Crippen LogP contribution in [0.4, 0.5) is 16.2 Å². The quantitative estimate of drug-likeness (QED) is 0.655. The molecule has 4 nitrogen and oxygen atoms in total. The van der Waals surface area contributed by atoms with Gasteiger partial charge in [-0.2, -0.15) is 0 Å². The van der Waals surface area contributed by atoms with E-state index in [1.165, 1.54) is 0 Å². The van der Waals surface area contributed by atoms with Crippen molar-refractivity contribution in [2.24, 2.45) is 0 Å². The molecule has 1 heterocycles. The highest BCUT2D eigenvalue weighted by molar-refractivity contribution is 9.10. The normalized spacial score (nSPS) is 10.3. The van der Waals surface area contributed by atoms with Gasteiger partial charge in [-0.25, -0.2) is 4.79 Å². The average Bonchev–Trinajstić information content (AvgIpc) is 3.05. The molecule has 0 spiro atoms. The van der Waals surface area contributed by atoms with Crippen LogP contribution >= 0.6 is 15.9 Å². The molecule has 0 saturated carbocycles. The number of aryl methyl sites for hydroxylation is 1. The molecule has 1 aromatic heterocycles. The largest absolute Gasteiger partial charge is 0.324 e. The summed E-state index contributed by atoms with van der Waals surface area (Å²) in [5.41, 5.74) is 3.57. The first-order chi connectivity index (χ1) is 11.1. The maximum absolute atomic E-state index is 12.1. The predicted molar refractivity (Wildman–Crippen MR) is 97.3 cm³/mol. The van der Waals surface area contributed by atoms with E-state index in [1.807, 2.05) is 78.5 Å². The van der Waals surface area contributed by atoms with Gasteiger partial charge in [0.2, 0.25) is 0 Å². The van der Waals surface area contributed by atoms with E-state index in [9.17, 15) is 4.79 Å². The zero-order valence-corrected chi connectivity index (χ0v) is 14.2. The van der Waals surface area contributed by atoms with Gasteiger partial charge in [0.1, 0.15) is 0 Å². The van der Waals surface area contributed by atoms with Crippen LogP contribution in [0.2, 0.25) is 0 Å². The number of nitrogens with zero attached hydrogens (tertiary/aromatic N) is 1. The van der Waals surface area contributed by atoms with Gasteiger partial charge in [-0.3, -0.25) is 0 Å². The number of carbonyl (C=O) groups is 1. The summed E-state index contributed by atoms with van der Waals surface area (Å²) in [6.07, 6.45) is 3.96. The van der Waals surface area contributed by atoms with Crippen LogP contribution in [0, 0.1) is 6.92 Å². The second-order valence-electron chi connectivity index (χ2n) is 5.18. The van der Waals surface area contributed by atoms with Crippen LogP contribution in [-0.4, -0.2) is 10.6 Å². The molecule has 3 aromatic rings. The number of rotatable bonds is 3. The molecule has 3 rings (SSSR count). The fourth-order valence-electron chi connectivity index (χ4n) is 2.28. The number of anilines is 2. The lowest BCUT2D eigenvalue weighted by Crippen LogP contribution is -2.19. The molecule has 0 fully saturated rings. The number of urea groups is 1. The third-order valence-corrected chi connectivity index (χ3v) is 3.96. The SMILES string of the molecule is Cc1cc(Br)ccc1NC(=O)Nc1ccc(-n2cccc2)cc1. The Morgan fingerprint density at radius 1 is 1.00 bits per heavy atom. The molecule has 2 amide bonds. The molecule has 0 radical (unpaired) electrons. The molecule has 116 valence electrons. The fraction of sp³-hybridized carbons (Fsp3) is 0.0556. The van der Waals surface area contributed by atoms with Gasteiger partial charge in [-0.15, -0.1) is 0 Å². The Hall–Kier alpha value is -2.53. The molecule has 0 bridgehead atoms. The molecule has 0 atom stereocenters. The Kier molecular flexibility index (Phi) is 4.48. The van der Waals surface area contributed by atoms with Crippen LogP contribution in [-0.2, 0) is 0 Å². The van der Waals surface area contributed by atoms with Crippen LogP contribution in [0.25, 0.3) is 5.69 Å². The van der Waals surface area contributed by atoms with Gasteiger partial charge in [0.25, 0.3) is 0 Å². The molecule has 0 unspecified atom stereocenters. The van der Waals surface area contributed by atoms with Crippen LogP contribution in [0.5, 0.6) is 0 Å². The van der Waals surface area contributed by atoms with Gasteiger partial charge in [0.05, 0.1) is 0 Å². The summed E-state index contributed by atoms with van der Waals surface area (Å²) in [5, 5.41) is 5.69. The summed E-state index contributed by atoms with van der Waals surface area (Å²) < 4.78 is 3.00. The van der Waals surface area contributed by atoms with Crippen molar-refractivity contribution < 1.29 is 4.79 Å². The lowest BCUT2D eigenvalue weighted by Gasteiger charge is -2.11. The number of nitrogens with one attached hydrogen (secondary N) is 2. The lowest BCUT2D eigenvalue weighted by molar-refractivity contribution is 0.262. The molecule has 0 aliphatic rings. The monoisotopic (exact) mass is 369 g/mol. The number of amides is 2. The Morgan fingerprint density at radius 2 is 1.70 bits per heavy atom. The van der Waals surface area contributed by atoms with E-state index in [2.05, 4.69) is 26.6 Å². The van der Waals surface area contributed by atoms with Crippen LogP contribution in [0.3, 0.4) is 0 Å². The van der Waals surface area contributed by atoms with Crippen molar-refractivity contribution in [3.63, 3.8) is 0 Å². The van der Waals surface area contributed by atoms with Crippen molar-refractivity contribution in [2.75, 3.05) is 10.6 Å². The molecule has 2 aromatic carbocycles. The van der Waals surface area contributed by atoms with Crippen molar-refractivity contribution in [1.82, 2.24) is 4.57 Å². The highest BCUT2D eigenvalue weighted by Gasteiger charge is 2.05. The van der Waals surface area contributed by atoms with E-state index in [1.54, 1.807) is 0 Å². The standard InChI is InChI=1S/C18H16BrN3O/c1-13-12-14(19)4-9-17(13)21-18(23)20-15-5-7-16(8-6-15)22-10-2-3-11-22/h2-12H,1H3,(H2,20,21,23). The number of halogens is 1. The molecule has 23 heavy (non-hydrogen) atoms. The third-order valence-electron chi connectivity index (χ3n) is 3.46. The van der Waals surface area contributed by atoms with Crippen molar-refractivity contribution in [3.05, 3.63) is 77.0 Å². The Morgan fingerprint density at radius 3 is 2.35 bits per heavy atom. The third kappa shape index (κ3) is 3.81. The topological polar surface area (TPSA) is 46.1 Å². The molecular weight excluding hydrogens is 354 g/mol. The predicted octanol–water partition coefficient (Wildman–Crippen LogP) is 5.19. The summed E-state index contributed by atoms with van der Waals surface area (Å²) in [7, 11) is 0. The number of benzene rings is 2. The molecule has 5 heteroatoms. The fourth-order valence-corrected chi connectivity index (χ4v) is 2.75. The minimum absolute atomic E-state index is 0.260. The minimum atomic E-state index is -0.260. The summed E-state index contributed by atoms with van der Waals surface area (Å²) in [4.78, 5) is 12.1. The Bertz CT molecular complexity index is 811. The van der Waals surface area contributed by atoms with Gasteiger partial charge >= 0.3 is 6.03 Å². The van der Waals surface area contributed by atoms with Crippen molar-refractivity contribution in [2.45, 2.75) is 6.92 Å². The smallest absolute Gasteiger partial charge is 0.323 e. The molecular formula is C18H16BrN3O. The average molecular weight is 370 g/mol. The first kappa shape index (κ1) is 15.4. The molecule has 2 N–H and O–H groups in total. The van der Waals surface area contributed by atoms with E-state index in [0.717, 1.165) is 27.1 Å². The molecule has 0 saturated heterocycles. The van der Waals surface area contributed by atoms with E-state index in [-0.39, 0.29) is 6.03 Å². The first-order valence-electron chi connectivity index (χ1n) is 7.19. The highest BCUT2D eigenvalue weighted by atomic mass is 79.9. The second-order valence-corrected chi connectivity index (χ2v) is 6.09. The van der Waals surface area contributed by atoms with Gasteiger partial charge < -0.3 is 15.2 Å². The maximum atomic E-state index is 12.1. The maximum Gasteiger partial charge on any atom is 0.323 e. The van der Waals surface area contributed by atoms with E-state index in [0.29, 0.717) is 0 Å². The van der Waals surface area contributed by atoms with Crippen LogP contribution in [0.1, 0.15) is 5.56 Å². The van der Waals surface area contributed by atoms with E-state index < -0.39 is 0 Å². The van der Waals surface area contributed by atoms with Crippen molar-refractivity contribution in [3.8, 4) is 5.69 Å². The Balaban J connectivity index is 1.66.